The van der Waals surface area contributed by atoms with Crippen molar-refractivity contribution >= 4 is 17.2 Å². The monoisotopic (exact) mass is 389 g/mol. The highest BCUT2D eigenvalue weighted by Crippen LogP contribution is 2.43. The number of ether oxygens (including phenoxy) is 2. The van der Waals surface area contributed by atoms with Crippen LogP contribution in [0.2, 0.25) is 0 Å². The van der Waals surface area contributed by atoms with Gasteiger partial charge in [0.15, 0.2) is 12.0 Å². The minimum Gasteiger partial charge on any atom is -0.467 e. The number of H-pyrrole nitrogens is 1. The molecule has 4 rings (SSSR count). The van der Waals surface area contributed by atoms with Gasteiger partial charge in [-0.1, -0.05) is 19.9 Å². The van der Waals surface area contributed by atoms with E-state index in [4.69, 9.17) is 13.9 Å². The van der Waals surface area contributed by atoms with Crippen molar-refractivity contribution in [2.75, 3.05) is 20.8 Å². The lowest BCUT2D eigenvalue weighted by molar-refractivity contribution is -0.114. The summed E-state index contributed by atoms with van der Waals surface area (Å²) in [6, 6.07) is 7.26. The third kappa shape index (κ3) is 3.43. The summed E-state index contributed by atoms with van der Waals surface area (Å²) in [6.07, 6.45) is 1.07. The van der Waals surface area contributed by atoms with Crippen molar-refractivity contribution in [3.8, 4) is 10.6 Å². The first-order chi connectivity index (χ1) is 13.2. The lowest BCUT2D eigenvalue weighted by Crippen LogP contribution is -2.37. The zero-order chi connectivity index (χ0) is 19.4. The van der Waals surface area contributed by atoms with Crippen LogP contribution in [0, 0.1) is 0 Å². The predicted molar refractivity (Wildman–Crippen MR) is 103 cm³/mol. The van der Waals surface area contributed by atoms with Gasteiger partial charge in [-0.05, 0) is 23.6 Å². The molecule has 0 fully saturated rings. The molecular formula is C19H23N3O4S. The van der Waals surface area contributed by atoms with Crippen molar-refractivity contribution in [3.63, 3.8) is 0 Å². The van der Waals surface area contributed by atoms with Gasteiger partial charge in [0.2, 0.25) is 0 Å². The third-order valence-electron chi connectivity index (χ3n) is 4.30. The zero-order valence-electron chi connectivity index (χ0n) is 15.8. The van der Waals surface area contributed by atoms with Gasteiger partial charge in [0.25, 0.3) is 5.91 Å². The summed E-state index contributed by atoms with van der Waals surface area (Å²) in [5, 5.41) is 9.27. The molecule has 0 saturated carbocycles. The lowest BCUT2D eigenvalue weighted by Gasteiger charge is -2.27. The van der Waals surface area contributed by atoms with Gasteiger partial charge in [-0.3, -0.25) is 9.89 Å². The van der Waals surface area contributed by atoms with Crippen LogP contribution in [-0.2, 0) is 9.47 Å². The molecule has 0 aromatic carbocycles. The highest BCUT2D eigenvalue weighted by Gasteiger charge is 2.44. The number of amides is 1. The van der Waals surface area contributed by atoms with E-state index in [1.54, 1.807) is 36.7 Å². The maximum atomic E-state index is 12.9. The maximum absolute atomic E-state index is 12.9. The van der Waals surface area contributed by atoms with Crippen molar-refractivity contribution in [1.29, 1.82) is 0 Å². The van der Waals surface area contributed by atoms with Crippen LogP contribution in [-0.4, -0.2) is 48.1 Å². The molecule has 7 nitrogen and oxygen atoms in total. The quantitative estimate of drug-likeness (QED) is 0.646. The Balaban J connectivity index is 0.00000102. The standard InChI is InChI=1S/C17H17N3O4S.C2H6/c1-22-12(23-2)9-20-16(10-5-3-7-24-10)13-14(11-6-4-8-25-11)18-19-15(13)17(20)21;1-2/h3-8,12,16H,9H2,1-2H3,(H,18,19);1-2H3. The molecule has 0 saturated heterocycles. The van der Waals surface area contributed by atoms with Crippen LogP contribution in [0.15, 0.2) is 40.3 Å². The molecule has 1 atom stereocenters. The third-order valence-corrected chi connectivity index (χ3v) is 5.19. The molecule has 1 unspecified atom stereocenters. The van der Waals surface area contributed by atoms with Crippen molar-refractivity contribution in [2.45, 2.75) is 26.2 Å². The molecule has 3 aromatic rings. The molecule has 4 heterocycles. The van der Waals surface area contributed by atoms with Crippen LogP contribution in [0.4, 0.5) is 0 Å². The summed E-state index contributed by atoms with van der Waals surface area (Å²) in [6.45, 7) is 4.28. The first-order valence-corrected chi connectivity index (χ1v) is 9.64. The number of carbonyl (C=O) groups is 1. The first kappa shape index (κ1) is 19.3. The molecule has 1 aliphatic rings. The molecule has 8 heteroatoms. The number of thiophene rings is 1. The molecule has 144 valence electrons. The highest BCUT2D eigenvalue weighted by atomic mass is 32.1. The second kappa shape index (κ2) is 8.51. The van der Waals surface area contributed by atoms with E-state index in [0.29, 0.717) is 11.5 Å². The van der Waals surface area contributed by atoms with Crippen LogP contribution in [0.5, 0.6) is 0 Å². The Morgan fingerprint density at radius 1 is 1.30 bits per heavy atom. The Morgan fingerprint density at radius 3 is 2.67 bits per heavy atom. The Bertz CT molecular complexity index is 854. The number of methoxy groups -OCH3 is 2. The molecule has 0 bridgehead atoms. The van der Waals surface area contributed by atoms with Crippen LogP contribution in [0.1, 0.15) is 41.7 Å². The average molecular weight is 389 g/mol. The van der Waals surface area contributed by atoms with E-state index in [9.17, 15) is 4.79 Å². The molecule has 0 radical (unpaired) electrons. The second-order valence-corrected chi connectivity index (χ2v) is 6.56. The molecule has 1 amide bonds. The Labute approximate surface area is 161 Å². The van der Waals surface area contributed by atoms with E-state index >= 15 is 0 Å². The lowest BCUT2D eigenvalue weighted by atomic mass is 10.0. The van der Waals surface area contributed by atoms with E-state index in [2.05, 4.69) is 10.2 Å². The number of aromatic amines is 1. The fourth-order valence-corrected chi connectivity index (χ4v) is 3.87. The molecule has 3 aromatic heterocycles. The summed E-state index contributed by atoms with van der Waals surface area (Å²) in [5.74, 6) is 0.506. The van der Waals surface area contributed by atoms with Gasteiger partial charge in [0.05, 0.1) is 23.4 Å². The van der Waals surface area contributed by atoms with Gasteiger partial charge < -0.3 is 18.8 Å². The molecule has 27 heavy (non-hydrogen) atoms. The minimum atomic E-state index is -0.528. The number of hydrogen-bond donors (Lipinski definition) is 1. The Morgan fingerprint density at radius 2 is 2.07 bits per heavy atom. The fourth-order valence-electron chi connectivity index (χ4n) is 3.13. The van der Waals surface area contributed by atoms with Crippen LogP contribution >= 0.6 is 11.3 Å². The molecular weight excluding hydrogens is 366 g/mol. The van der Waals surface area contributed by atoms with Crippen molar-refractivity contribution < 1.29 is 18.7 Å². The van der Waals surface area contributed by atoms with E-state index in [1.807, 2.05) is 43.5 Å². The second-order valence-electron chi connectivity index (χ2n) is 5.61. The molecule has 0 aliphatic carbocycles. The van der Waals surface area contributed by atoms with Gasteiger partial charge in [-0.15, -0.1) is 11.3 Å². The van der Waals surface area contributed by atoms with Gasteiger partial charge in [-0.25, -0.2) is 0 Å². The number of rotatable bonds is 6. The van der Waals surface area contributed by atoms with E-state index < -0.39 is 6.29 Å². The Kier molecular flexibility index (Phi) is 6.10. The molecule has 0 spiro atoms. The van der Waals surface area contributed by atoms with Crippen molar-refractivity contribution in [3.05, 3.63) is 52.9 Å². The number of furan rings is 1. The smallest absolute Gasteiger partial charge is 0.275 e. The number of hydrogen-bond acceptors (Lipinski definition) is 6. The highest BCUT2D eigenvalue weighted by molar-refractivity contribution is 7.13. The number of aromatic nitrogens is 2. The predicted octanol–water partition coefficient (Wildman–Crippen LogP) is 3.92. The average Bonchev–Trinajstić information content (AvgIpc) is 3.48. The Hall–Kier alpha value is -2.42. The van der Waals surface area contributed by atoms with Crippen LogP contribution in [0.25, 0.3) is 10.6 Å². The van der Waals surface area contributed by atoms with Crippen molar-refractivity contribution in [1.82, 2.24) is 15.1 Å². The SMILES string of the molecule is CC.COC(CN1C(=O)c2n[nH]c(-c3cccs3)c2C1c1ccco1)OC. The van der Waals surface area contributed by atoms with E-state index in [1.165, 1.54) is 0 Å². The summed E-state index contributed by atoms with van der Waals surface area (Å²) >= 11 is 1.59. The summed E-state index contributed by atoms with van der Waals surface area (Å²) in [7, 11) is 3.10. The van der Waals surface area contributed by atoms with E-state index in [-0.39, 0.29) is 18.5 Å². The number of nitrogens with one attached hydrogen (secondary N) is 1. The summed E-state index contributed by atoms with van der Waals surface area (Å²) < 4.78 is 16.2. The van der Waals surface area contributed by atoms with Gasteiger partial charge >= 0.3 is 0 Å². The molecule has 1 N–H and O–H groups in total. The van der Waals surface area contributed by atoms with E-state index in [0.717, 1.165) is 16.1 Å². The normalized spacial score (nSPS) is 15.8. The first-order valence-electron chi connectivity index (χ1n) is 8.76. The summed E-state index contributed by atoms with van der Waals surface area (Å²) in [4.78, 5) is 15.6. The van der Waals surface area contributed by atoms with Gasteiger partial charge in [0, 0.05) is 19.8 Å². The van der Waals surface area contributed by atoms with Crippen LogP contribution < -0.4 is 0 Å². The van der Waals surface area contributed by atoms with Crippen molar-refractivity contribution in [2.24, 2.45) is 0 Å². The minimum absolute atomic E-state index is 0.172. The number of fused-ring (bicyclic) bond motifs is 1. The van der Waals surface area contributed by atoms with Crippen LogP contribution in [0.3, 0.4) is 0 Å². The van der Waals surface area contributed by atoms with Gasteiger partial charge in [-0.2, -0.15) is 5.10 Å². The molecule has 1 aliphatic heterocycles. The fraction of sp³-hybridized carbons (Fsp3) is 0.368. The number of nitrogens with zero attached hydrogens (tertiary/aromatic N) is 2. The number of carbonyl (C=O) groups excluding carboxylic acids is 1. The van der Waals surface area contributed by atoms with Gasteiger partial charge in [0.1, 0.15) is 11.8 Å². The zero-order valence-corrected chi connectivity index (χ0v) is 16.6. The maximum Gasteiger partial charge on any atom is 0.275 e. The largest absolute Gasteiger partial charge is 0.467 e. The topological polar surface area (TPSA) is 80.6 Å². The summed E-state index contributed by atoms with van der Waals surface area (Å²) in [5.41, 5.74) is 2.08.